The fourth-order valence-corrected chi connectivity index (χ4v) is 2.79. The van der Waals surface area contributed by atoms with E-state index in [1.807, 2.05) is 23.6 Å². The van der Waals surface area contributed by atoms with Crippen molar-refractivity contribution in [1.29, 1.82) is 0 Å². The molecule has 0 spiro atoms. The van der Waals surface area contributed by atoms with Crippen molar-refractivity contribution < 1.29 is 14.4 Å². The summed E-state index contributed by atoms with van der Waals surface area (Å²) in [6, 6.07) is -0.651. The van der Waals surface area contributed by atoms with Gasteiger partial charge in [-0.25, -0.2) is 0 Å². The second-order valence-electron chi connectivity index (χ2n) is 5.12. The summed E-state index contributed by atoms with van der Waals surface area (Å²) in [5, 5.41) is 7.15. The summed E-state index contributed by atoms with van der Waals surface area (Å²) in [5.41, 5.74) is 1.08. The molecule has 1 rings (SSSR count). The summed E-state index contributed by atoms with van der Waals surface area (Å²) in [4.78, 5) is 35.3. The first-order valence-electron chi connectivity index (χ1n) is 7.37. The van der Waals surface area contributed by atoms with Gasteiger partial charge in [-0.1, -0.05) is 29.9 Å². The van der Waals surface area contributed by atoms with Crippen molar-refractivity contribution in [2.45, 2.75) is 32.0 Å². The van der Waals surface area contributed by atoms with E-state index in [-0.39, 0.29) is 5.91 Å². The van der Waals surface area contributed by atoms with Crippen molar-refractivity contribution in [3.05, 3.63) is 35.3 Å². The molecule has 1 aliphatic rings. The molecule has 1 heterocycles. The van der Waals surface area contributed by atoms with Gasteiger partial charge in [0.05, 0.1) is 0 Å². The summed E-state index contributed by atoms with van der Waals surface area (Å²) in [7, 11) is 1.60. The number of hydrogen-bond donors (Lipinski definition) is 2. The Kier molecular flexibility index (Phi) is 8.82. The second-order valence-corrected chi connectivity index (χ2v) is 6.02. The van der Waals surface area contributed by atoms with Crippen molar-refractivity contribution in [3.8, 4) is 0 Å². The number of carbonyl (C=O) groups is 3. The van der Waals surface area contributed by atoms with Crippen LogP contribution in [-0.2, 0) is 14.4 Å². The first kappa shape index (κ1) is 19.0. The van der Waals surface area contributed by atoms with Crippen LogP contribution in [0, 0.1) is 0 Å². The molecule has 0 fully saturated rings. The van der Waals surface area contributed by atoms with Crippen LogP contribution in [0.4, 0.5) is 0 Å². The molecule has 0 unspecified atom stereocenters. The summed E-state index contributed by atoms with van der Waals surface area (Å²) >= 11 is 1.66. The number of rotatable bonds is 8. The molecule has 1 aliphatic heterocycles. The predicted molar refractivity (Wildman–Crippen MR) is 92.5 cm³/mol. The van der Waals surface area contributed by atoms with E-state index in [4.69, 9.17) is 0 Å². The van der Waals surface area contributed by atoms with Crippen LogP contribution in [0.2, 0.25) is 0 Å². The molecular formula is C16H23N3O3S. The SMILES string of the molecule is C[C@H](NC=O)N(C)C(=O)[C@@H](C/C1=C/SC/C=C\C=C/C1)NC=O. The van der Waals surface area contributed by atoms with Gasteiger partial charge in [-0.05, 0) is 25.2 Å². The summed E-state index contributed by atoms with van der Waals surface area (Å²) < 4.78 is 0. The summed E-state index contributed by atoms with van der Waals surface area (Å²) in [5.74, 6) is 0.625. The summed E-state index contributed by atoms with van der Waals surface area (Å²) in [6.07, 6.45) is 9.87. The molecule has 126 valence electrons. The first-order chi connectivity index (χ1) is 11.1. The molecule has 6 nitrogen and oxygen atoms in total. The van der Waals surface area contributed by atoms with Gasteiger partial charge in [-0.3, -0.25) is 14.4 Å². The Hall–Kier alpha value is -2.02. The number of allylic oxidation sites excluding steroid dienone is 3. The number of thioether (sulfide) groups is 1. The van der Waals surface area contributed by atoms with Gasteiger partial charge in [-0.2, -0.15) is 0 Å². The molecule has 2 N–H and O–H groups in total. The highest BCUT2D eigenvalue weighted by Gasteiger charge is 2.25. The number of amides is 3. The normalized spacial score (nSPS) is 21.9. The largest absolute Gasteiger partial charge is 0.347 e. The number of nitrogens with zero attached hydrogens (tertiary/aromatic N) is 1. The summed E-state index contributed by atoms with van der Waals surface area (Å²) in [6.45, 7) is 1.70. The molecule has 2 atom stereocenters. The Morgan fingerprint density at radius 2 is 2.00 bits per heavy atom. The Labute approximate surface area is 141 Å². The highest BCUT2D eigenvalue weighted by molar-refractivity contribution is 8.02. The van der Waals surface area contributed by atoms with E-state index in [9.17, 15) is 14.4 Å². The van der Waals surface area contributed by atoms with Crippen LogP contribution in [0.3, 0.4) is 0 Å². The van der Waals surface area contributed by atoms with Gasteiger partial charge < -0.3 is 15.5 Å². The molecule has 7 heteroatoms. The maximum Gasteiger partial charge on any atom is 0.246 e. The molecule has 0 aromatic rings. The van der Waals surface area contributed by atoms with E-state index < -0.39 is 12.2 Å². The zero-order valence-electron chi connectivity index (χ0n) is 13.4. The van der Waals surface area contributed by atoms with E-state index in [1.54, 1.807) is 25.7 Å². The van der Waals surface area contributed by atoms with Gasteiger partial charge in [-0.15, -0.1) is 11.8 Å². The number of carbonyl (C=O) groups excluding carboxylic acids is 3. The fourth-order valence-electron chi connectivity index (χ4n) is 2.04. The molecule has 0 aromatic heterocycles. The quantitative estimate of drug-likeness (QED) is 0.515. The lowest BCUT2D eigenvalue weighted by Gasteiger charge is -2.28. The first-order valence-corrected chi connectivity index (χ1v) is 8.42. The molecule has 0 aliphatic carbocycles. The maximum atomic E-state index is 12.5. The third-order valence-corrected chi connectivity index (χ3v) is 4.36. The zero-order valence-corrected chi connectivity index (χ0v) is 14.2. The van der Waals surface area contributed by atoms with Crippen LogP contribution in [-0.4, -0.2) is 48.6 Å². The topological polar surface area (TPSA) is 78.5 Å². The monoisotopic (exact) mass is 337 g/mol. The van der Waals surface area contributed by atoms with Gasteiger partial charge >= 0.3 is 0 Å². The van der Waals surface area contributed by atoms with E-state index in [0.717, 1.165) is 17.7 Å². The van der Waals surface area contributed by atoms with Crippen molar-refractivity contribution in [2.75, 3.05) is 12.8 Å². The molecule has 23 heavy (non-hydrogen) atoms. The van der Waals surface area contributed by atoms with Crippen LogP contribution < -0.4 is 10.6 Å². The molecule has 3 amide bonds. The van der Waals surface area contributed by atoms with Crippen LogP contribution in [0.5, 0.6) is 0 Å². The van der Waals surface area contributed by atoms with Crippen LogP contribution in [0.15, 0.2) is 35.3 Å². The van der Waals surface area contributed by atoms with Crippen LogP contribution >= 0.6 is 11.8 Å². The van der Waals surface area contributed by atoms with E-state index >= 15 is 0 Å². The minimum Gasteiger partial charge on any atom is -0.347 e. The van der Waals surface area contributed by atoms with Gasteiger partial charge in [0.2, 0.25) is 18.7 Å². The lowest BCUT2D eigenvalue weighted by atomic mass is 10.0. The minimum atomic E-state index is -0.651. The molecule has 0 saturated heterocycles. The van der Waals surface area contributed by atoms with E-state index in [2.05, 4.69) is 16.7 Å². The second kappa shape index (κ2) is 10.7. The molecule has 0 radical (unpaired) electrons. The highest BCUT2D eigenvalue weighted by Crippen LogP contribution is 2.19. The Bertz CT molecular complexity index is 503. The van der Waals surface area contributed by atoms with Gasteiger partial charge in [0, 0.05) is 12.8 Å². The van der Waals surface area contributed by atoms with Crippen molar-refractivity contribution in [3.63, 3.8) is 0 Å². The minimum absolute atomic E-state index is 0.244. The number of likely N-dealkylation sites (N-methyl/N-ethyl adjacent to an activating group) is 1. The number of hydrogen-bond acceptors (Lipinski definition) is 4. The third-order valence-electron chi connectivity index (χ3n) is 3.48. The average Bonchev–Trinajstić information content (AvgIpc) is 2.67. The highest BCUT2D eigenvalue weighted by atomic mass is 32.2. The van der Waals surface area contributed by atoms with Crippen molar-refractivity contribution in [2.24, 2.45) is 0 Å². The smallest absolute Gasteiger partial charge is 0.246 e. The van der Waals surface area contributed by atoms with E-state index in [0.29, 0.717) is 19.2 Å². The van der Waals surface area contributed by atoms with Crippen molar-refractivity contribution in [1.82, 2.24) is 15.5 Å². The van der Waals surface area contributed by atoms with Crippen LogP contribution in [0.1, 0.15) is 19.8 Å². The molecule has 0 aromatic carbocycles. The van der Waals surface area contributed by atoms with Gasteiger partial charge in [0.25, 0.3) is 0 Å². The van der Waals surface area contributed by atoms with Crippen LogP contribution in [0.25, 0.3) is 0 Å². The lowest BCUT2D eigenvalue weighted by Crippen LogP contribution is -2.51. The zero-order chi connectivity index (χ0) is 17.1. The Morgan fingerprint density at radius 3 is 2.70 bits per heavy atom. The van der Waals surface area contributed by atoms with E-state index in [1.165, 1.54) is 4.90 Å². The Balaban J connectivity index is 2.78. The third kappa shape index (κ3) is 6.73. The van der Waals surface area contributed by atoms with Crippen molar-refractivity contribution >= 4 is 30.5 Å². The fraction of sp³-hybridized carbons (Fsp3) is 0.438. The molecule has 0 saturated carbocycles. The van der Waals surface area contributed by atoms with Gasteiger partial charge in [0.15, 0.2) is 0 Å². The Morgan fingerprint density at radius 1 is 1.30 bits per heavy atom. The number of nitrogens with one attached hydrogen (secondary N) is 2. The average molecular weight is 337 g/mol. The molecule has 0 bridgehead atoms. The maximum absolute atomic E-state index is 12.5. The van der Waals surface area contributed by atoms with Gasteiger partial charge in [0.1, 0.15) is 12.2 Å². The lowest BCUT2D eigenvalue weighted by molar-refractivity contribution is -0.136. The predicted octanol–water partition coefficient (Wildman–Crippen LogP) is 1.17. The standard InChI is InChI=1S/C16H23N3O3S/c1-13(17-11-20)19(2)16(22)15(18-12-21)9-14-7-5-3-4-6-8-23-10-14/h3-6,10-13,15H,7-9H2,1-2H3,(H,17,20)(H,18,21)/b5-3-,6-4-,14-10+/t13-,15-/m1/s1. The molecular weight excluding hydrogens is 314 g/mol.